The molecule has 0 bridgehead atoms. The van der Waals surface area contributed by atoms with E-state index < -0.39 is 0 Å². The Morgan fingerprint density at radius 2 is 2.24 bits per heavy atom. The number of aryl methyl sites for hydroxylation is 1. The van der Waals surface area contributed by atoms with Gasteiger partial charge in [-0.05, 0) is 32.2 Å². The van der Waals surface area contributed by atoms with E-state index in [9.17, 15) is 0 Å². The Kier molecular flexibility index (Phi) is 4.60. The lowest BCUT2D eigenvalue weighted by Gasteiger charge is -2.23. The Labute approximate surface area is 105 Å². The van der Waals surface area contributed by atoms with Crippen LogP contribution in [0, 0.1) is 5.92 Å². The number of hydrogen-bond donors (Lipinski definition) is 1. The molecule has 1 aromatic heterocycles. The van der Waals surface area contributed by atoms with Gasteiger partial charge in [0.05, 0.1) is 0 Å². The van der Waals surface area contributed by atoms with E-state index in [0.29, 0.717) is 6.04 Å². The molecule has 3 heteroatoms. The minimum absolute atomic E-state index is 0.607. The van der Waals surface area contributed by atoms with Crippen molar-refractivity contribution in [2.75, 3.05) is 7.05 Å². The zero-order chi connectivity index (χ0) is 12.1. The molecule has 96 valence electrons. The summed E-state index contributed by atoms with van der Waals surface area (Å²) in [7, 11) is 2.09. The van der Waals surface area contributed by atoms with Gasteiger partial charge in [-0.1, -0.05) is 19.8 Å². The van der Waals surface area contributed by atoms with Gasteiger partial charge in [0, 0.05) is 31.4 Å². The van der Waals surface area contributed by atoms with Gasteiger partial charge < -0.3 is 9.88 Å². The molecule has 3 nitrogen and oxygen atoms in total. The van der Waals surface area contributed by atoms with Crippen LogP contribution in [0.1, 0.15) is 44.9 Å². The summed E-state index contributed by atoms with van der Waals surface area (Å²) in [5.41, 5.74) is 0. The lowest BCUT2D eigenvalue weighted by Crippen LogP contribution is -2.35. The Balaban J connectivity index is 1.99. The van der Waals surface area contributed by atoms with E-state index >= 15 is 0 Å². The molecular weight excluding hydrogens is 210 g/mol. The van der Waals surface area contributed by atoms with Gasteiger partial charge in [0.1, 0.15) is 5.82 Å². The zero-order valence-corrected chi connectivity index (χ0v) is 11.2. The van der Waals surface area contributed by atoms with Crippen LogP contribution in [0.5, 0.6) is 0 Å². The number of aromatic nitrogens is 2. The second-order valence-corrected chi connectivity index (χ2v) is 5.18. The highest BCUT2D eigenvalue weighted by atomic mass is 15.1. The highest BCUT2D eigenvalue weighted by Gasteiger charge is 2.24. The number of nitrogens with one attached hydrogen (secondary N) is 1. The van der Waals surface area contributed by atoms with Crippen molar-refractivity contribution in [3.8, 4) is 0 Å². The molecule has 0 aliphatic heterocycles. The molecule has 1 aliphatic rings. The summed E-state index contributed by atoms with van der Waals surface area (Å²) in [5, 5.41) is 3.50. The first-order valence-corrected chi connectivity index (χ1v) is 7.02. The second-order valence-electron chi connectivity index (χ2n) is 5.18. The van der Waals surface area contributed by atoms with Crippen LogP contribution < -0.4 is 5.32 Å². The van der Waals surface area contributed by atoms with Crippen molar-refractivity contribution in [1.29, 1.82) is 0 Å². The highest BCUT2D eigenvalue weighted by Crippen LogP contribution is 2.28. The lowest BCUT2D eigenvalue weighted by molar-refractivity contribution is 0.367. The first kappa shape index (κ1) is 12.6. The van der Waals surface area contributed by atoms with Gasteiger partial charge in [-0.15, -0.1) is 0 Å². The van der Waals surface area contributed by atoms with Gasteiger partial charge in [-0.3, -0.25) is 0 Å². The smallest absolute Gasteiger partial charge is 0.110 e. The van der Waals surface area contributed by atoms with E-state index in [0.717, 1.165) is 18.9 Å². The molecule has 17 heavy (non-hydrogen) atoms. The van der Waals surface area contributed by atoms with Crippen molar-refractivity contribution in [2.24, 2.45) is 5.92 Å². The monoisotopic (exact) mass is 235 g/mol. The molecule has 1 aliphatic carbocycles. The average molecular weight is 235 g/mol. The van der Waals surface area contributed by atoms with Crippen LogP contribution in [0.25, 0.3) is 0 Å². The number of rotatable bonds is 6. The van der Waals surface area contributed by atoms with E-state index in [4.69, 9.17) is 0 Å². The largest absolute Gasteiger partial charge is 0.335 e. The van der Waals surface area contributed by atoms with Gasteiger partial charge in [0.25, 0.3) is 0 Å². The number of nitrogens with zero attached hydrogens (tertiary/aromatic N) is 2. The summed E-state index contributed by atoms with van der Waals surface area (Å²) in [4.78, 5) is 4.52. The van der Waals surface area contributed by atoms with Gasteiger partial charge in [-0.25, -0.2) is 4.98 Å². The van der Waals surface area contributed by atoms with Crippen LogP contribution >= 0.6 is 0 Å². The number of likely N-dealkylation sites (N-methyl/N-ethyl adjacent to an activating group) is 1. The van der Waals surface area contributed by atoms with E-state index in [1.54, 1.807) is 0 Å². The van der Waals surface area contributed by atoms with Gasteiger partial charge in [-0.2, -0.15) is 0 Å². The van der Waals surface area contributed by atoms with Crippen LogP contribution in [0.3, 0.4) is 0 Å². The molecule has 0 spiro atoms. The molecule has 1 heterocycles. The van der Waals surface area contributed by atoms with Crippen LogP contribution in [-0.4, -0.2) is 22.6 Å². The number of hydrogen-bond acceptors (Lipinski definition) is 2. The molecule has 1 aromatic rings. The Morgan fingerprint density at radius 3 is 2.88 bits per heavy atom. The molecule has 0 radical (unpaired) electrons. The van der Waals surface area contributed by atoms with Crippen molar-refractivity contribution in [2.45, 2.75) is 58.0 Å². The quantitative estimate of drug-likeness (QED) is 0.821. The maximum absolute atomic E-state index is 4.52. The SMILES string of the molecule is CCCn1ccnc1CC(NC)C1CCCC1. The Bertz CT molecular complexity index is 326. The third-order valence-electron chi connectivity index (χ3n) is 4.01. The zero-order valence-electron chi connectivity index (χ0n) is 11.2. The van der Waals surface area contributed by atoms with Crippen molar-refractivity contribution in [3.63, 3.8) is 0 Å². The van der Waals surface area contributed by atoms with Gasteiger partial charge in [0.15, 0.2) is 0 Å². The van der Waals surface area contributed by atoms with Crippen molar-refractivity contribution in [3.05, 3.63) is 18.2 Å². The molecule has 1 unspecified atom stereocenters. The summed E-state index contributed by atoms with van der Waals surface area (Å²) in [6.07, 6.45) is 11.9. The third kappa shape index (κ3) is 3.09. The second kappa shape index (κ2) is 6.20. The first-order chi connectivity index (χ1) is 8.35. The standard InChI is InChI=1S/C14H25N3/c1-3-9-17-10-8-16-14(17)11-13(15-2)12-6-4-5-7-12/h8,10,12-13,15H,3-7,9,11H2,1-2H3. The molecular formula is C14H25N3. The molecule has 0 aromatic carbocycles. The first-order valence-electron chi connectivity index (χ1n) is 7.02. The minimum Gasteiger partial charge on any atom is -0.335 e. The van der Waals surface area contributed by atoms with Crippen LogP contribution in [0.4, 0.5) is 0 Å². The summed E-state index contributed by atoms with van der Waals surface area (Å²) in [6.45, 7) is 3.31. The molecule has 2 rings (SSSR count). The van der Waals surface area contributed by atoms with Crippen LogP contribution in [-0.2, 0) is 13.0 Å². The maximum Gasteiger partial charge on any atom is 0.110 e. The average Bonchev–Trinajstić information content (AvgIpc) is 2.97. The van der Waals surface area contributed by atoms with Gasteiger partial charge >= 0.3 is 0 Å². The predicted octanol–water partition coefficient (Wildman–Crippen LogP) is 2.61. The topological polar surface area (TPSA) is 29.9 Å². The summed E-state index contributed by atoms with van der Waals surface area (Å²) in [5.74, 6) is 2.10. The van der Waals surface area contributed by atoms with Crippen molar-refractivity contribution < 1.29 is 0 Å². The molecule has 1 fully saturated rings. The fraction of sp³-hybridized carbons (Fsp3) is 0.786. The van der Waals surface area contributed by atoms with E-state index in [1.165, 1.54) is 37.9 Å². The minimum atomic E-state index is 0.607. The summed E-state index contributed by atoms with van der Waals surface area (Å²) < 4.78 is 2.30. The van der Waals surface area contributed by atoms with E-state index in [1.807, 2.05) is 6.20 Å². The Morgan fingerprint density at radius 1 is 1.47 bits per heavy atom. The van der Waals surface area contributed by atoms with Crippen molar-refractivity contribution >= 4 is 0 Å². The van der Waals surface area contributed by atoms with Crippen LogP contribution in [0.15, 0.2) is 12.4 Å². The molecule has 0 amide bonds. The molecule has 0 saturated heterocycles. The molecule has 1 atom stereocenters. The molecule has 1 N–H and O–H groups in total. The van der Waals surface area contributed by atoms with E-state index in [-0.39, 0.29) is 0 Å². The Hall–Kier alpha value is -0.830. The highest BCUT2D eigenvalue weighted by molar-refractivity contribution is 4.97. The molecule has 1 saturated carbocycles. The third-order valence-corrected chi connectivity index (χ3v) is 4.01. The normalized spacial score (nSPS) is 18.7. The maximum atomic E-state index is 4.52. The van der Waals surface area contributed by atoms with Crippen LogP contribution in [0.2, 0.25) is 0 Å². The number of imidazole rings is 1. The van der Waals surface area contributed by atoms with Gasteiger partial charge in [0.2, 0.25) is 0 Å². The van der Waals surface area contributed by atoms with Crippen molar-refractivity contribution in [1.82, 2.24) is 14.9 Å². The lowest BCUT2D eigenvalue weighted by atomic mass is 9.95. The summed E-state index contributed by atoms with van der Waals surface area (Å²) in [6, 6.07) is 0.607. The fourth-order valence-electron chi connectivity index (χ4n) is 3.04. The predicted molar refractivity (Wildman–Crippen MR) is 71.0 cm³/mol. The summed E-state index contributed by atoms with van der Waals surface area (Å²) >= 11 is 0. The fourth-order valence-corrected chi connectivity index (χ4v) is 3.04. The van der Waals surface area contributed by atoms with E-state index in [2.05, 4.69) is 35.0 Å².